The van der Waals surface area contributed by atoms with Gasteiger partial charge in [0.1, 0.15) is 5.75 Å². The monoisotopic (exact) mass is 250 g/mol. The summed E-state index contributed by atoms with van der Waals surface area (Å²) in [6.07, 6.45) is 0.154. The Labute approximate surface area is 109 Å². The lowest BCUT2D eigenvalue weighted by Crippen LogP contribution is -2.17. The minimum absolute atomic E-state index is 0.0467. The number of aliphatic carboxylic acids is 1. The molecule has 0 aliphatic carbocycles. The summed E-state index contributed by atoms with van der Waals surface area (Å²) in [5, 5.41) is 8.84. The van der Waals surface area contributed by atoms with Gasteiger partial charge in [0.25, 0.3) is 0 Å². The van der Waals surface area contributed by atoms with E-state index in [1.807, 2.05) is 32.0 Å². The van der Waals surface area contributed by atoms with E-state index in [1.54, 1.807) is 0 Å². The summed E-state index contributed by atoms with van der Waals surface area (Å²) in [4.78, 5) is 10.8. The quantitative estimate of drug-likeness (QED) is 0.890. The van der Waals surface area contributed by atoms with Crippen molar-refractivity contribution in [3.63, 3.8) is 0 Å². The van der Waals surface area contributed by atoms with E-state index in [4.69, 9.17) is 9.84 Å². The van der Waals surface area contributed by atoms with Crippen LogP contribution in [0.4, 0.5) is 0 Å². The first-order valence-corrected chi connectivity index (χ1v) is 6.22. The molecule has 0 aromatic heterocycles. The summed E-state index contributed by atoms with van der Waals surface area (Å²) in [7, 11) is 0. The second-order valence-corrected chi connectivity index (χ2v) is 5.82. The molecule has 0 radical (unpaired) electrons. The molecule has 100 valence electrons. The Morgan fingerprint density at radius 3 is 2.39 bits per heavy atom. The molecule has 1 aromatic rings. The number of ether oxygens (including phenoxy) is 1. The largest absolute Gasteiger partial charge is 0.491 e. The molecular weight excluding hydrogens is 228 g/mol. The second-order valence-electron chi connectivity index (χ2n) is 5.82. The highest BCUT2D eigenvalue weighted by molar-refractivity contribution is 5.70. The highest BCUT2D eigenvalue weighted by Crippen LogP contribution is 2.32. The summed E-state index contributed by atoms with van der Waals surface area (Å²) < 4.78 is 5.78. The van der Waals surface area contributed by atoms with E-state index in [9.17, 15) is 4.79 Å². The third-order valence-electron chi connectivity index (χ3n) is 2.57. The number of hydrogen-bond acceptors (Lipinski definition) is 2. The minimum atomic E-state index is -0.813. The van der Waals surface area contributed by atoms with Crippen molar-refractivity contribution in [3.05, 3.63) is 29.3 Å². The SMILES string of the molecule is CC(C)Oc1ccc(CC(=O)O)cc1C(C)(C)C. The zero-order chi connectivity index (χ0) is 13.9. The van der Waals surface area contributed by atoms with Gasteiger partial charge in [-0.15, -0.1) is 0 Å². The van der Waals surface area contributed by atoms with E-state index in [2.05, 4.69) is 20.8 Å². The van der Waals surface area contributed by atoms with E-state index in [0.29, 0.717) is 0 Å². The van der Waals surface area contributed by atoms with Crippen molar-refractivity contribution in [1.82, 2.24) is 0 Å². The zero-order valence-corrected chi connectivity index (χ0v) is 11.8. The first kappa shape index (κ1) is 14.6. The van der Waals surface area contributed by atoms with Crippen LogP contribution in [0.5, 0.6) is 5.75 Å². The average Bonchev–Trinajstić information content (AvgIpc) is 2.17. The maximum absolute atomic E-state index is 10.8. The molecule has 0 atom stereocenters. The van der Waals surface area contributed by atoms with E-state index in [1.165, 1.54) is 0 Å². The fourth-order valence-electron chi connectivity index (χ4n) is 1.80. The molecule has 0 amide bonds. The predicted octanol–water partition coefficient (Wildman–Crippen LogP) is 3.40. The summed E-state index contributed by atoms with van der Waals surface area (Å²) in [6.45, 7) is 10.3. The minimum Gasteiger partial charge on any atom is -0.491 e. The van der Waals surface area contributed by atoms with Crippen LogP contribution in [0.1, 0.15) is 45.7 Å². The van der Waals surface area contributed by atoms with Crippen LogP contribution in [-0.4, -0.2) is 17.2 Å². The average molecular weight is 250 g/mol. The first-order valence-electron chi connectivity index (χ1n) is 6.22. The normalized spacial score (nSPS) is 11.7. The molecule has 0 heterocycles. The molecule has 1 N–H and O–H groups in total. The smallest absolute Gasteiger partial charge is 0.307 e. The van der Waals surface area contributed by atoms with Gasteiger partial charge >= 0.3 is 5.97 Å². The topological polar surface area (TPSA) is 46.5 Å². The van der Waals surface area contributed by atoms with Crippen molar-refractivity contribution in [2.24, 2.45) is 0 Å². The van der Waals surface area contributed by atoms with Crippen LogP contribution in [0, 0.1) is 0 Å². The second kappa shape index (κ2) is 5.42. The molecule has 0 bridgehead atoms. The Kier molecular flexibility index (Phi) is 4.38. The summed E-state index contributed by atoms with van der Waals surface area (Å²) in [5.41, 5.74) is 1.79. The van der Waals surface area contributed by atoms with Crippen LogP contribution < -0.4 is 4.74 Å². The van der Waals surface area contributed by atoms with Gasteiger partial charge in [-0.1, -0.05) is 32.9 Å². The van der Waals surface area contributed by atoms with Gasteiger partial charge in [-0.3, -0.25) is 4.79 Å². The summed E-state index contributed by atoms with van der Waals surface area (Å²) in [5.74, 6) is 0.0269. The molecule has 0 unspecified atom stereocenters. The third-order valence-corrected chi connectivity index (χ3v) is 2.57. The molecule has 0 saturated carbocycles. The van der Waals surface area contributed by atoms with Gasteiger partial charge in [-0.05, 0) is 36.5 Å². The highest BCUT2D eigenvalue weighted by atomic mass is 16.5. The van der Waals surface area contributed by atoms with Gasteiger partial charge < -0.3 is 9.84 Å². The Morgan fingerprint density at radius 1 is 1.33 bits per heavy atom. The number of hydrogen-bond donors (Lipinski definition) is 1. The van der Waals surface area contributed by atoms with Gasteiger partial charge in [0.15, 0.2) is 0 Å². The van der Waals surface area contributed by atoms with E-state index in [-0.39, 0.29) is 17.9 Å². The van der Waals surface area contributed by atoms with Crippen LogP contribution in [0.25, 0.3) is 0 Å². The molecule has 1 rings (SSSR count). The molecule has 3 nitrogen and oxygen atoms in total. The van der Waals surface area contributed by atoms with Crippen LogP contribution in [0.2, 0.25) is 0 Å². The number of benzene rings is 1. The standard InChI is InChI=1S/C15H22O3/c1-10(2)18-13-7-6-11(9-14(16)17)8-12(13)15(3,4)5/h6-8,10H,9H2,1-5H3,(H,16,17). The van der Waals surface area contributed by atoms with Crippen LogP contribution >= 0.6 is 0 Å². The number of carboxylic acid groups (broad SMARTS) is 1. The van der Waals surface area contributed by atoms with E-state index < -0.39 is 5.97 Å². The van der Waals surface area contributed by atoms with Gasteiger partial charge in [0.2, 0.25) is 0 Å². The maximum atomic E-state index is 10.8. The van der Waals surface area contributed by atoms with E-state index in [0.717, 1.165) is 16.9 Å². The molecule has 3 heteroatoms. The van der Waals surface area contributed by atoms with Crippen molar-refractivity contribution >= 4 is 5.97 Å². The summed E-state index contributed by atoms with van der Waals surface area (Å²) in [6, 6.07) is 5.63. The van der Waals surface area contributed by atoms with Crippen LogP contribution in [-0.2, 0) is 16.6 Å². The molecule has 0 saturated heterocycles. The van der Waals surface area contributed by atoms with Crippen molar-refractivity contribution in [3.8, 4) is 5.75 Å². The Hall–Kier alpha value is -1.51. The van der Waals surface area contributed by atoms with E-state index >= 15 is 0 Å². The van der Waals surface area contributed by atoms with Crippen molar-refractivity contribution in [2.45, 2.75) is 52.6 Å². The fraction of sp³-hybridized carbons (Fsp3) is 0.533. The van der Waals surface area contributed by atoms with Crippen molar-refractivity contribution in [1.29, 1.82) is 0 Å². The van der Waals surface area contributed by atoms with Crippen molar-refractivity contribution < 1.29 is 14.6 Å². The lowest BCUT2D eigenvalue weighted by Gasteiger charge is -2.24. The predicted molar refractivity (Wildman–Crippen MR) is 72.2 cm³/mol. The van der Waals surface area contributed by atoms with Crippen molar-refractivity contribution in [2.75, 3.05) is 0 Å². The van der Waals surface area contributed by atoms with Gasteiger partial charge in [-0.25, -0.2) is 0 Å². The summed E-state index contributed by atoms with van der Waals surface area (Å²) >= 11 is 0. The van der Waals surface area contributed by atoms with Crippen LogP contribution in [0.3, 0.4) is 0 Å². The number of carboxylic acids is 1. The molecule has 0 aliphatic rings. The molecule has 0 fully saturated rings. The Bertz CT molecular complexity index is 428. The lowest BCUT2D eigenvalue weighted by molar-refractivity contribution is -0.136. The zero-order valence-electron chi connectivity index (χ0n) is 11.8. The first-order chi connectivity index (χ1) is 8.20. The number of carbonyl (C=O) groups is 1. The Morgan fingerprint density at radius 2 is 1.94 bits per heavy atom. The van der Waals surface area contributed by atoms with Gasteiger partial charge in [0, 0.05) is 0 Å². The molecule has 18 heavy (non-hydrogen) atoms. The maximum Gasteiger partial charge on any atom is 0.307 e. The molecule has 1 aromatic carbocycles. The molecule has 0 aliphatic heterocycles. The van der Waals surface area contributed by atoms with Gasteiger partial charge in [0.05, 0.1) is 12.5 Å². The third kappa shape index (κ3) is 4.06. The number of rotatable bonds is 4. The molecular formula is C15H22O3. The molecule has 0 spiro atoms. The van der Waals surface area contributed by atoms with Gasteiger partial charge in [-0.2, -0.15) is 0 Å². The van der Waals surface area contributed by atoms with Crippen LogP contribution in [0.15, 0.2) is 18.2 Å². The Balaban J connectivity index is 3.16. The highest BCUT2D eigenvalue weighted by Gasteiger charge is 2.20. The lowest BCUT2D eigenvalue weighted by atomic mass is 9.85. The fourth-order valence-corrected chi connectivity index (χ4v) is 1.80.